The number of hydroxylamine groups is 4. The SMILES string of the molecule is C.NC1=NC2N=CC(CNc3ccc(C(=O)NC(CCC(=O)O)C(=O)O)cc3)=NC2C(=O)N1.NC1=NC2N=CC(CNc3ccc(C(=O)NC(CCC(=O)ON4C(=O)CCC4=O)C(=O)O)cc3)=NC2C(=O)N1.O=C1CCC(=O)N1O.[2H]C#C. The summed E-state index contributed by atoms with van der Waals surface area (Å²) in [5.74, 6) is -9.23. The summed E-state index contributed by atoms with van der Waals surface area (Å²) in [6.45, 7) is 0.498. The van der Waals surface area contributed by atoms with Crippen LogP contribution < -0.4 is 43.4 Å². The Kier molecular flexibility index (Phi) is 22.6. The first-order valence-corrected chi connectivity index (χ1v) is 23.9. The number of hydrogen-bond acceptors (Lipinski definition) is 24. The number of imide groups is 2. The van der Waals surface area contributed by atoms with Gasteiger partial charge in [-0.1, -0.05) is 7.43 Å². The number of rotatable bonds is 19. The zero-order valence-electron chi connectivity index (χ0n) is 43.2. The smallest absolute Gasteiger partial charge is 0.333 e. The van der Waals surface area contributed by atoms with Crippen LogP contribution in [0.4, 0.5) is 11.4 Å². The molecule has 0 saturated carbocycles. The van der Waals surface area contributed by atoms with Gasteiger partial charge in [0, 0.05) is 67.0 Å². The molecule has 0 aromatic heterocycles. The molecule has 0 aliphatic carbocycles. The summed E-state index contributed by atoms with van der Waals surface area (Å²) in [6.07, 6.45) is 6.19. The molecule has 82 heavy (non-hydrogen) atoms. The van der Waals surface area contributed by atoms with Crippen LogP contribution in [0.25, 0.3) is 0 Å². The van der Waals surface area contributed by atoms with E-state index < -0.39 is 108 Å². The van der Waals surface area contributed by atoms with E-state index in [0.717, 1.165) is 0 Å². The van der Waals surface area contributed by atoms with Crippen LogP contribution in [-0.2, 0) is 52.8 Å². The van der Waals surface area contributed by atoms with Gasteiger partial charge in [-0.25, -0.2) is 24.4 Å². The van der Waals surface area contributed by atoms with Gasteiger partial charge in [0.2, 0.25) is 0 Å². The summed E-state index contributed by atoms with van der Waals surface area (Å²) in [4.78, 5) is 168. The Morgan fingerprint density at radius 2 is 1.02 bits per heavy atom. The summed E-state index contributed by atoms with van der Waals surface area (Å²) in [7, 11) is 0. The molecule has 2 saturated heterocycles. The fourth-order valence-corrected chi connectivity index (χ4v) is 7.34. The molecule has 2 aromatic carbocycles. The number of amides is 8. The Morgan fingerprint density at radius 3 is 1.38 bits per heavy atom. The van der Waals surface area contributed by atoms with Crippen molar-refractivity contribution in [1.82, 2.24) is 31.4 Å². The van der Waals surface area contributed by atoms with Crippen LogP contribution in [0.5, 0.6) is 0 Å². The highest BCUT2D eigenvalue weighted by atomic mass is 16.7. The van der Waals surface area contributed by atoms with Crippen LogP contribution in [0.3, 0.4) is 0 Å². The van der Waals surface area contributed by atoms with Crippen LogP contribution in [0.2, 0.25) is 0 Å². The first-order chi connectivity index (χ1) is 39.0. The minimum Gasteiger partial charge on any atom is -0.481 e. The molecule has 2 fully saturated rings. The van der Waals surface area contributed by atoms with Crippen LogP contribution >= 0.6 is 0 Å². The van der Waals surface area contributed by atoms with E-state index in [4.69, 9.17) is 33.1 Å². The number of carboxylic acids is 3. The van der Waals surface area contributed by atoms with Crippen molar-refractivity contribution in [1.29, 1.82) is 0 Å². The Morgan fingerprint density at radius 1 is 0.646 bits per heavy atom. The van der Waals surface area contributed by atoms with Crippen LogP contribution in [-0.4, -0.2) is 187 Å². The van der Waals surface area contributed by atoms with Crippen molar-refractivity contribution in [3.05, 3.63) is 59.7 Å². The average molecular weight is 1140 g/mol. The number of carbonyl (C=O) groups is 12. The molecule has 33 nitrogen and oxygen atoms in total. The largest absolute Gasteiger partial charge is 0.481 e. The lowest BCUT2D eigenvalue weighted by molar-refractivity contribution is -0.197. The summed E-state index contributed by atoms with van der Waals surface area (Å²) in [5, 5.41) is 51.8. The van der Waals surface area contributed by atoms with Gasteiger partial charge in [-0.2, -0.15) is 5.06 Å². The molecule has 0 radical (unpaired) electrons. The highest BCUT2D eigenvalue weighted by Crippen LogP contribution is 2.18. The number of guanidine groups is 2. The quantitative estimate of drug-likeness (QED) is 0.0395. The van der Waals surface area contributed by atoms with E-state index >= 15 is 0 Å². The first-order valence-electron chi connectivity index (χ1n) is 24.4. The predicted molar refractivity (Wildman–Crippen MR) is 287 cm³/mol. The second-order valence-corrected chi connectivity index (χ2v) is 17.2. The molecule has 434 valence electrons. The maximum atomic E-state index is 12.6. The van der Waals surface area contributed by atoms with Gasteiger partial charge in [0.05, 0.1) is 30.9 Å². The van der Waals surface area contributed by atoms with Crippen molar-refractivity contribution < 1.29 is 84.3 Å². The molecule has 6 heterocycles. The number of anilines is 2. The van der Waals surface area contributed by atoms with E-state index in [1.165, 1.54) is 43.1 Å². The fourth-order valence-electron chi connectivity index (χ4n) is 7.34. The van der Waals surface area contributed by atoms with Gasteiger partial charge < -0.3 is 52.9 Å². The third-order valence-electron chi connectivity index (χ3n) is 11.5. The van der Waals surface area contributed by atoms with Crippen LogP contribution in [0.1, 0.15) is 80.9 Å². The highest BCUT2D eigenvalue weighted by Gasteiger charge is 2.36. The number of nitrogens with two attached hydrogens (primary N) is 2. The average Bonchev–Trinajstić information content (AvgIpc) is 3.97. The van der Waals surface area contributed by atoms with Gasteiger partial charge in [-0.3, -0.25) is 79.0 Å². The second-order valence-electron chi connectivity index (χ2n) is 17.2. The lowest BCUT2D eigenvalue weighted by atomic mass is 10.1. The molecule has 8 rings (SSSR count). The van der Waals surface area contributed by atoms with Crippen molar-refractivity contribution in [2.75, 3.05) is 23.7 Å². The predicted octanol–water partition coefficient (Wildman–Crippen LogP) is -2.45. The van der Waals surface area contributed by atoms with E-state index in [9.17, 15) is 62.6 Å². The number of aliphatic carboxylic acids is 3. The van der Waals surface area contributed by atoms with Crippen molar-refractivity contribution in [3.63, 3.8) is 0 Å². The molecule has 33 heteroatoms. The topological polar surface area (TPSA) is 500 Å². The lowest BCUT2D eigenvalue weighted by Crippen LogP contribution is -2.52. The van der Waals surface area contributed by atoms with Gasteiger partial charge >= 0.3 is 23.9 Å². The normalized spacial score (nSPS) is 19.9. The fraction of sp³-hybridized carbons (Fsp3) is 0.347. The van der Waals surface area contributed by atoms with Crippen molar-refractivity contribution in [2.24, 2.45) is 41.4 Å². The molecule has 6 unspecified atom stereocenters. The number of carbonyl (C=O) groups excluding carboxylic acids is 9. The van der Waals surface area contributed by atoms with E-state index in [2.05, 4.69) is 68.3 Å². The van der Waals surface area contributed by atoms with E-state index in [1.807, 2.05) is 0 Å². The third kappa shape index (κ3) is 18.2. The molecular weight excluding hydrogens is 1080 g/mol. The highest BCUT2D eigenvalue weighted by molar-refractivity contribution is 6.34. The number of nitrogens with zero attached hydrogens (tertiary/aromatic N) is 8. The maximum Gasteiger partial charge on any atom is 0.333 e. The molecule has 6 aliphatic rings. The van der Waals surface area contributed by atoms with Crippen LogP contribution in [0, 0.1) is 12.8 Å². The van der Waals surface area contributed by atoms with E-state index in [0.29, 0.717) is 27.9 Å². The van der Waals surface area contributed by atoms with Gasteiger partial charge in [-0.05, 0) is 61.4 Å². The minimum absolute atomic E-state index is 0. The second kappa shape index (κ2) is 29.8. The van der Waals surface area contributed by atoms with Crippen molar-refractivity contribution in [3.8, 4) is 12.8 Å². The Labute approximate surface area is 465 Å². The van der Waals surface area contributed by atoms with Gasteiger partial charge in [-0.15, -0.1) is 17.9 Å². The zero-order valence-corrected chi connectivity index (χ0v) is 42.2. The minimum atomic E-state index is -1.42. The molecule has 6 atom stereocenters. The van der Waals surface area contributed by atoms with Gasteiger partial charge in [0.1, 0.15) is 13.5 Å². The number of fused-ring (bicyclic) bond motifs is 2. The van der Waals surface area contributed by atoms with Gasteiger partial charge in [0.15, 0.2) is 36.3 Å². The summed E-state index contributed by atoms with van der Waals surface area (Å²) >= 11 is 0. The monoisotopic (exact) mass is 1140 g/mol. The number of carboxylic acid groups (broad SMARTS) is 3. The number of hydrogen-bond donors (Lipinski definition) is 12. The molecule has 0 bridgehead atoms. The first kappa shape index (κ1) is 62.1. The van der Waals surface area contributed by atoms with Crippen LogP contribution in [0.15, 0.2) is 78.5 Å². The number of aliphatic imine (C=N–C) groups is 6. The Balaban J connectivity index is 0.000000301. The molecule has 6 aliphatic heterocycles. The number of benzene rings is 2. The number of terminal acetylenes is 1. The Hall–Kier alpha value is -10.8. The summed E-state index contributed by atoms with van der Waals surface area (Å²) in [5.41, 5.74) is 13.7. The standard InChI is InChI=1S/C23H24N8O8.C19H21N7O6.C4H5NO3.C2H2.CH4/c24-23-29-19-18(21(36)30-23)27-13(10-26-19)9-25-12-3-1-11(2-4-12)20(35)28-14(22(37)38)5-8-17(34)39-31-15(32)6-7-16(31)33;20-19-25-15-14(17(30)26-19)23-11(8-22-15)7-21-10-3-1-9(2-4-10)16(29)24-12(18(31)32)5-6-13(27)28;6-3-1-2-4(7)5(3)8;1-2;/h1-4,10,14,18-19,25H,5-9H2,(H,28,35)(H,37,38)(H3,24,29,30,36);1-4,8,12,14-15,21H,5-7H2,(H,24,29)(H,27,28)(H,31,32)(H3,20,25,26,30);8H,1-2H2;1-2H;1H4/i;;;1D;. The third-order valence-corrected chi connectivity index (χ3v) is 11.5. The van der Waals surface area contributed by atoms with Crippen molar-refractivity contribution in [2.45, 2.75) is 95.3 Å². The molecule has 2 aromatic rings. The molecule has 0 spiro atoms. The Bertz CT molecular complexity index is 3070. The van der Waals surface area contributed by atoms with Gasteiger partial charge in [0.25, 0.3) is 47.3 Å². The zero-order chi connectivity index (χ0) is 60.2. The van der Waals surface area contributed by atoms with E-state index in [-0.39, 0.29) is 99.5 Å². The summed E-state index contributed by atoms with van der Waals surface area (Å²) in [6, 6.07) is 8.02. The van der Waals surface area contributed by atoms with E-state index in [1.54, 1.807) is 24.3 Å². The molecular formula is C49H56N16O17. The summed E-state index contributed by atoms with van der Waals surface area (Å²) < 4.78 is 5.74. The molecule has 8 amide bonds. The van der Waals surface area contributed by atoms with Crippen molar-refractivity contribution >= 4 is 118 Å². The number of nitrogens with one attached hydrogen (secondary N) is 6. The maximum absolute atomic E-state index is 12.6. The lowest BCUT2D eigenvalue weighted by Gasteiger charge is -2.25. The molecule has 14 N–H and O–H groups in total.